The molecule has 1 saturated heterocycles. The monoisotopic (exact) mass is 245 g/mol. The fourth-order valence-electron chi connectivity index (χ4n) is 2.54. The van der Waals surface area contributed by atoms with Crippen molar-refractivity contribution in [1.29, 1.82) is 0 Å². The minimum absolute atomic E-state index is 0.337. The Bertz CT molecular complexity index is 456. The van der Waals surface area contributed by atoms with Crippen LogP contribution >= 0.6 is 0 Å². The number of benzene rings is 1. The molecule has 2 aliphatic rings. The number of rotatable bonds is 2. The topological polar surface area (TPSA) is 30.5 Å². The fraction of sp³-hybridized carbons (Fsp3) is 0.467. The Morgan fingerprint density at radius 3 is 3.06 bits per heavy atom. The summed E-state index contributed by atoms with van der Waals surface area (Å²) in [5.74, 6) is 2.51. The van der Waals surface area contributed by atoms with E-state index >= 15 is 0 Å². The standard InChI is InChI=1S/C15H19NO2/c1-11-6-7-16-13(8-11)4-2-12-3-5-14-15(9-12)18-10-17-14/h2-5,9,11,13,16H,6-8,10H2,1H3/b4-2+. The molecule has 2 heterocycles. The molecular formula is C15H19NO2. The van der Waals surface area contributed by atoms with Gasteiger partial charge >= 0.3 is 0 Å². The van der Waals surface area contributed by atoms with Gasteiger partial charge in [-0.3, -0.25) is 0 Å². The third kappa shape index (κ3) is 2.51. The first-order valence-electron chi connectivity index (χ1n) is 6.62. The van der Waals surface area contributed by atoms with Gasteiger partial charge in [-0.2, -0.15) is 0 Å². The van der Waals surface area contributed by atoms with Crippen molar-refractivity contribution in [1.82, 2.24) is 5.32 Å². The molecule has 2 aliphatic heterocycles. The highest BCUT2D eigenvalue weighted by atomic mass is 16.7. The van der Waals surface area contributed by atoms with Gasteiger partial charge in [0.2, 0.25) is 6.79 Å². The Morgan fingerprint density at radius 1 is 1.28 bits per heavy atom. The second kappa shape index (κ2) is 5.02. The molecule has 0 aromatic heterocycles. The number of hydrogen-bond donors (Lipinski definition) is 1. The van der Waals surface area contributed by atoms with Gasteiger partial charge in [0, 0.05) is 6.04 Å². The second-order valence-corrected chi connectivity index (χ2v) is 5.16. The second-order valence-electron chi connectivity index (χ2n) is 5.16. The van der Waals surface area contributed by atoms with Crippen LogP contribution in [0, 0.1) is 5.92 Å². The lowest BCUT2D eigenvalue weighted by molar-refractivity contribution is 0.174. The molecule has 1 aromatic rings. The van der Waals surface area contributed by atoms with E-state index in [9.17, 15) is 0 Å². The van der Waals surface area contributed by atoms with Crippen molar-refractivity contribution < 1.29 is 9.47 Å². The van der Waals surface area contributed by atoms with Gasteiger partial charge in [-0.15, -0.1) is 0 Å². The number of piperidine rings is 1. The molecule has 1 fully saturated rings. The van der Waals surface area contributed by atoms with Crippen LogP contribution in [-0.4, -0.2) is 19.4 Å². The molecule has 1 aromatic carbocycles. The molecule has 0 aliphatic carbocycles. The summed E-state index contributed by atoms with van der Waals surface area (Å²) in [7, 11) is 0. The number of ether oxygens (including phenoxy) is 2. The van der Waals surface area contributed by atoms with Crippen LogP contribution in [0.4, 0.5) is 0 Å². The van der Waals surface area contributed by atoms with Crippen LogP contribution in [0.15, 0.2) is 24.3 Å². The normalized spacial score (nSPS) is 26.7. The van der Waals surface area contributed by atoms with Gasteiger partial charge in [-0.05, 0) is 43.0 Å². The first kappa shape index (κ1) is 11.6. The molecule has 3 rings (SSSR count). The maximum atomic E-state index is 5.38. The summed E-state index contributed by atoms with van der Waals surface area (Å²) < 4.78 is 10.7. The predicted octanol–water partition coefficient (Wildman–Crippen LogP) is 2.82. The Kier molecular flexibility index (Phi) is 3.24. The van der Waals surface area contributed by atoms with Crippen LogP contribution in [-0.2, 0) is 0 Å². The van der Waals surface area contributed by atoms with Crippen LogP contribution in [0.1, 0.15) is 25.3 Å². The van der Waals surface area contributed by atoms with E-state index in [0.717, 1.165) is 24.0 Å². The van der Waals surface area contributed by atoms with Crippen LogP contribution in [0.2, 0.25) is 0 Å². The molecule has 0 amide bonds. The Morgan fingerprint density at radius 2 is 2.17 bits per heavy atom. The molecule has 3 heteroatoms. The van der Waals surface area contributed by atoms with Gasteiger partial charge in [0.05, 0.1) is 0 Å². The molecule has 2 unspecified atom stereocenters. The van der Waals surface area contributed by atoms with E-state index in [1.165, 1.54) is 18.4 Å². The van der Waals surface area contributed by atoms with E-state index in [0.29, 0.717) is 12.8 Å². The van der Waals surface area contributed by atoms with Crippen molar-refractivity contribution >= 4 is 6.08 Å². The Hall–Kier alpha value is -1.48. The highest BCUT2D eigenvalue weighted by Gasteiger charge is 2.16. The molecule has 0 bridgehead atoms. The van der Waals surface area contributed by atoms with Gasteiger partial charge in [-0.1, -0.05) is 25.1 Å². The molecule has 96 valence electrons. The van der Waals surface area contributed by atoms with Gasteiger partial charge in [0.25, 0.3) is 0 Å². The third-order valence-electron chi connectivity index (χ3n) is 3.62. The largest absolute Gasteiger partial charge is 0.454 e. The number of nitrogens with one attached hydrogen (secondary N) is 1. The van der Waals surface area contributed by atoms with E-state index in [-0.39, 0.29) is 0 Å². The molecule has 0 radical (unpaired) electrons. The summed E-state index contributed by atoms with van der Waals surface area (Å²) in [6.07, 6.45) is 6.93. The highest BCUT2D eigenvalue weighted by Crippen LogP contribution is 2.32. The van der Waals surface area contributed by atoms with Gasteiger partial charge in [-0.25, -0.2) is 0 Å². The summed E-state index contributed by atoms with van der Waals surface area (Å²) in [5, 5.41) is 3.53. The smallest absolute Gasteiger partial charge is 0.231 e. The Balaban J connectivity index is 1.68. The van der Waals surface area contributed by atoms with Crippen molar-refractivity contribution in [2.24, 2.45) is 5.92 Å². The van der Waals surface area contributed by atoms with E-state index in [1.807, 2.05) is 12.1 Å². The molecule has 1 N–H and O–H groups in total. The summed E-state index contributed by atoms with van der Waals surface area (Å²) in [6, 6.07) is 6.57. The molecule has 18 heavy (non-hydrogen) atoms. The molecule has 3 nitrogen and oxygen atoms in total. The van der Waals surface area contributed by atoms with E-state index in [4.69, 9.17) is 9.47 Å². The first-order valence-corrected chi connectivity index (χ1v) is 6.62. The quantitative estimate of drug-likeness (QED) is 0.869. The zero-order chi connectivity index (χ0) is 12.4. The zero-order valence-electron chi connectivity index (χ0n) is 10.7. The SMILES string of the molecule is CC1CCNC(/C=C/c2ccc3c(c2)OCO3)C1. The Labute approximate surface area is 108 Å². The van der Waals surface area contributed by atoms with Gasteiger partial charge in [0.1, 0.15) is 0 Å². The van der Waals surface area contributed by atoms with E-state index in [2.05, 4.69) is 30.5 Å². The zero-order valence-corrected chi connectivity index (χ0v) is 10.7. The minimum atomic E-state index is 0.337. The van der Waals surface area contributed by atoms with Crippen LogP contribution in [0.3, 0.4) is 0 Å². The average Bonchev–Trinajstić information content (AvgIpc) is 2.84. The van der Waals surface area contributed by atoms with E-state index < -0.39 is 0 Å². The van der Waals surface area contributed by atoms with E-state index in [1.54, 1.807) is 0 Å². The lowest BCUT2D eigenvalue weighted by Gasteiger charge is -2.25. The van der Waals surface area contributed by atoms with Crippen molar-refractivity contribution in [3.8, 4) is 11.5 Å². The predicted molar refractivity (Wildman–Crippen MR) is 71.8 cm³/mol. The van der Waals surface area contributed by atoms with Crippen molar-refractivity contribution in [2.45, 2.75) is 25.8 Å². The first-order chi connectivity index (χ1) is 8.81. The maximum absolute atomic E-state index is 5.38. The summed E-state index contributed by atoms with van der Waals surface area (Å²) in [4.78, 5) is 0. The van der Waals surface area contributed by atoms with Crippen molar-refractivity contribution in [2.75, 3.05) is 13.3 Å². The fourth-order valence-corrected chi connectivity index (χ4v) is 2.54. The lowest BCUT2D eigenvalue weighted by atomic mass is 9.94. The van der Waals surface area contributed by atoms with Crippen LogP contribution in [0.5, 0.6) is 11.5 Å². The highest BCUT2D eigenvalue weighted by molar-refractivity contribution is 5.56. The van der Waals surface area contributed by atoms with Gasteiger partial charge in [0.15, 0.2) is 11.5 Å². The molecule has 2 atom stereocenters. The maximum Gasteiger partial charge on any atom is 0.231 e. The number of fused-ring (bicyclic) bond motifs is 1. The summed E-state index contributed by atoms with van der Waals surface area (Å²) in [6.45, 7) is 3.78. The van der Waals surface area contributed by atoms with Gasteiger partial charge < -0.3 is 14.8 Å². The summed E-state index contributed by atoms with van der Waals surface area (Å²) >= 11 is 0. The minimum Gasteiger partial charge on any atom is -0.454 e. The van der Waals surface area contributed by atoms with Crippen LogP contribution in [0.25, 0.3) is 6.08 Å². The number of hydrogen-bond acceptors (Lipinski definition) is 3. The molecular weight excluding hydrogens is 226 g/mol. The van der Waals surface area contributed by atoms with Crippen molar-refractivity contribution in [3.05, 3.63) is 29.8 Å². The molecule has 0 saturated carbocycles. The average molecular weight is 245 g/mol. The molecule has 0 spiro atoms. The summed E-state index contributed by atoms with van der Waals surface area (Å²) in [5.41, 5.74) is 1.17. The lowest BCUT2D eigenvalue weighted by Crippen LogP contribution is -2.35. The third-order valence-corrected chi connectivity index (χ3v) is 3.62. The van der Waals surface area contributed by atoms with Crippen LogP contribution < -0.4 is 14.8 Å². The van der Waals surface area contributed by atoms with Crippen molar-refractivity contribution in [3.63, 3.8) is 0 Å².